The Bertz CT molecular complexity index is 929. The molecule has 1 aromatic carbocycles. The normalized spacial score (nSPS) is 44.9. The molecule has 4 aliphatic carbocycles. The summed E-state index contributed by atoms with van der Waals surface area (Å²) in [5.74, 6) is 9.13. The molecule has 5 rings (SSSR count). The zero-order chi connectivity index (χ0) is 22.6. The summed E-state index contributed by atoms with van der Waals surface area (Å²) in [6.45, 7) is 6.39. The molecule has 0 bridgehead atoms. The second-order valence-electron chi connectivity index (χ2n) is 11.6. The van der Waals surface area contributed by atoms with Crippen LogP contribution in [0.3, 0.4) is 0 Å². The standard InChI is InChI=1S/C29H38O3/c1-20(30)32-23-12-15-27(2)22(19-23)9-10-24-25(27)13-16-28(3)26(24)14-18-29(28,31)17-11-21-7-5-4-6-8-21/h4-8,22-26,31H,9-10,12-16,18-19H2,1-3H3/t22-,23-,24-,25+,26-,27+,28-,29-/m1/s1. The fourth-order valence-electron chi connectivity index (χ4n) is 8.48. The van der Waals surface area contributed by atoms with Crippen molar-refractivity contribution in [1.29, 1.82) is 0 Å². The van der Waals surface area contributed by atoms with Crippen LogP contribution < -0.4 is 0 Å². The topological polar surface area (TPSA) is 46.5 Å². The third kappa shape index (κ3) is 3.41. The van der Waals surface area contributed by atoms with Crippen molar-refractivity contribution in [3.05, 3.63) is 35.9 Å². The number of fused-ring (bicyclic) bond motifs is 5. The Morgan fingerprint density at radius 1 is 1.00 bits per heavy atom. The van der Waals surface area contributed by atoms with E-state index in [1.54, 1.807) is 0 Å². The van der Waals surface area contributed by atoms with Crippen molar-refractivity contribution < 1.29 is 14.6 Å². The molecule has 4 saturated carbocycles. The molecule has 0 amide bonds. The van der Waals surface area contributed by atoms with Gasteiger partial charge in [-0.1, -0.05) is 43.9 Å². The van der Waals surface area contributed by atoms with E-state index in [0.29, 0.717) is 23.2 Å². The lowest BCUT2D eigenvalue weighted by Gasteiger charge is -2.61. The van der Waals surface area contributed by atoms with E-state index in [4.69, 9.17) is 4.74 Å². The lowest BCUT2D eigenvalue weighted by Crippen LogP contribution is -2.56. The SMILES string of the molecule is CC(=O)O[C@@H]1CC[C@@]2(C)[C@H](CC[C@H]3[C@H]4CC[C@](O)(C#Cc5ccccc5)[C@]4(C)CC[C@@H]32)C1. The van der Waals surface area contributed by atoms with E-state index < -0.39 is 5.60 Å². The number of hydrogen-bond acceptors (Lipinski definition) is 3. The van der Waals surface area contributed by atoms with E-state index in [2.05, 4.69) is 25.7 Å². The minimum absolute atomic E-state index is 0.112. The molecule has 4 fully saturated rings. The molecule has 0 saturated heterocycles. The Morgan fingerprint density at radius 2 is 1.75 bits per heavy atom. The molecule has 0 aliphatic heterocycles. The van der Waals surface area contributed by atoms with E-state index in [0.717, 1.165) is 50.0 Å². The number of carbonyl (C=O) groups excluding carboxylic acids is 1. The van der Waals surface area contributed by atoms with Crippen LogP contribution in [0.25, 0.3) is 0 Å². The van der Waals surface area contributed by atoms with Crippen molar-refractivity contribution in [2.45, 2.75) is 90.3 Å². The summed E-state index contributed by atoms with van der Waals surface area (Å²) in [7, 11) is 0. The first-order chi connectivity index (χ1) is 15.3. The van der Waals surface area contributed by atoms with Gasteiger partial charge in [0, 0.05) is 17.9 Å². The first-order valence-electron chi connectivity index (χ1n) is 12.7. The van der Waals surface area contributed by atoms with Crippen molar-refractivity contribution >= 4 is 5.97 Å². The fourth-order valence-corrected chi connectivity index (χ4v) is 8.48. The first-order valence-corrected chi connectivity index (χ1v) is 12.7. The van der Waals surface area contributed by atoms with Gasteiger partial charge in [0.05, 0.1) is 0 Å². The first kappa shape index (κ1) is 22.0. The number of carbonyl (C=O) groups is 1. The van der Waals surface area contributed by atoms with Crippen molar-refractivity contribution in [3.8, 4) is 11.8 Å². The van der Waals surface area contributed by atoms with Gasteiger partial charge >= 0.3 is 5.97 Å². The Morgan fingerprint density at radius 3 is 2.50 bits per heavy atom. The summed E-state index contributed by atoms with van der Waals surface area (Å²) in [4.78, 5) is 11.5. The number of benzene rings is 1. The summed E-state index contributed by atoms with van der Waals surface area (Å²) < 4.78 is 5.61. The van der Waals surface area contributed by atoms with Crippen LogP contribution >= 0.6 is 0 Å². The second-order valence-corrected chi connectivity index (χ2v) is 11.6. The zero-order valence-electron chi connectivity index (χ0n) is 19.9. The van der Waals surface area contributed by atoms with Gasteiger partial charge in [0.1, 0.15) is 11.7 Å². The predicted octanol–water partition coefficient (Wildman–Crippen LogP) is 5.74. The lowest BCUT2D eigenvalue weighted by atomic mass is 9.44. The third-order valence-electron chi connectivity index (χ3n) is 10.3. The van der Waals surface area contributed by atoms with E-state index in [-0.39, 0.29) is 17.5 Å². The molecule has 0 heterocycles. The number of ether oxygens (including phenoxy) is 1. The molecular formula is C29H38O3. The molecule has 0 unspecified atom stereocenters. The van der Waals surface area contributed by atoms with E-state index in [1.807, 2.05) is 30.3 Å². The maximum atomic E-state index is 11.8. The predicted molar refractivity (Wildman–Crippen MR) is 126 cm³/mol. The summed E-state index contributed by atoms with van der Waals surface area (Å²) >= 11 is 0. The van der Waals surface area contributed by atoms with Crippen molar-refractivity contribution in [2.24, 2.45) is 34.5 Å². The van der Waals surface area contributed by atoms with Crippen LogP contribution in [0.2, 0.25) is 0 Å². The monoisotopic (exact) mass is 434 g/mol. The summed E-state index contributed by atoms with van der Waals surface area (Å²) in [5.41, 5.74) is 0.327. The third-order valence-corrected chi connectivity index (χ3v) is 10.3. The second kappa shape index (κ2) is 7.91. The smallest absolute Gasteiger partial charge is 0.302 e. The Labute approximate surface area is 193 Å². The van der Waals surface area contributed by atoms with Crippen LogP contribution in [0, 0.1) is 46.3 Å². The van der Waals surface area contributed by atoms with Gasteiger partial charge in [-0.05, 0) is 99.0 Å². The molecule has 3 heteroatoms. The van der Waals surface area contributed by atoms with Gasteiger partial charge in [-0.25, -0.2) is 0 Å². The highest BCUT2D eigenvalue weighted by Crippen LogP contribution is 2.68. The zero-order valence-corrected chi connectivity index (χ0v) is 19.9. The summed E-state index contributed by atoms with van der Waals surface area (Å²) in [6, 6.07) is 10.1. The lowest BCUT2D eigenvalue weighted by molar-refractivity contribution is -0.163. The molecule has 4 aliphatic rings. The minimum atomic E-state index is -0.886. The molecule has 32 heavy (non-hydrogen) atoms. The Kier molecular flexibility index (Phi) is 5.44. The molecule has 0 aromatic heterocycles. The van der Waals surface area contributed by atoms with E-state index in [9.17, 15) is 9.90 Å². The highest BCUT2D eigenvalue weighted by molar-refractivity contribution is 5.66. The van der Waals surface area contributed by atoms with Crippen LogP contribution in [0.4, 0.5) is 0 Å². The Balaban J connectivity index is 1.36. The van der Waals surface area contributed by atoms with Gasteiger partial charge < -0.3 is 9.84 Å². The highest BCUT2D eigenvalue weighted by Gasteiger charge is 2.64. The average molecular weight is 435 g/mol. The molecule has 3 nitrogen and oxygen atoms in total. The largest absolute Gasteiger partial charge is 0.463 e. The maximum Gasteiger partial charge on any atom is 0.302 e. The quantitative estimate of drug-likeness (QED) is 0.453. The van der Waals surface area contributed by atoms with Crippen LogP contribution in [-0.2, 0) is 9.53 Å². The van der Waals surface area contributed by atoms with Gasteiger partial charge in [-0.3, -0.25) is 4.79 Å². The van der Waals surface area contributed by atoms with Crippen LogP contribution in [0.1, 0.15) is 84.1 Å². The molecule has 8 atom stereocenters. The van der Waals surface area contributed by atoms with Crippen molar-refractivity contribution in [2.75, 3.05) is 0 Å². The summed E-state index contributed by atoms with van der Waals surface area (Å²) in [5, 5.41) is 11.8. The van der Waals surface area contributed by atoms with Gasteiger partial charge in [0.15, 0.2) is 0 Å². The number of rotatable bonds is 1. The van der Waals surface area contributed by atoms with Crippen molar-refractivity contribution in [3.63, 3.8) is 0 Å². The van der Waals surface area contributed by atoms with Gasteiger partial charge in [0.2, 0.25) is 0 Å². The molecule has 1 aromatic rings. The summed E-state index contributed by atoms with van der Waals surface area (Å²) in [6.07, 6.45) is 9.94. The van der Waals surface area contributed by atoms with Crippen molar-refractivity contribution in [1.82, 2.24) is 0 Å². The van der Waals surface area contributed by atoms with Gasteiger partial charge in [-0.15, -0.1) is 0 Å². The van der Waals surface area contributed by atoms with Gasteiger partial charge in [0.25, 0.3) is 0 Å². The highest BCUT2D eigenvalue weighted by atomic mass is 16.5. The fraction of sp³-hybridized carbons (Fsp3) is 0.690. The molecule has 172 valence electrons. The number of aliphatic hydroxyl groups is 1. The maximum absolute atomic E-state index is 11.8. The van der Waals surface area contributed by atoms with E-state index in [1.165, 1.54) is 26.2 Å². The molecular weight excluding hydrogens is 396 g/mol. The van der Waals surface area contributed by atoms with Crippen LogP contribution in [0.15, 0.2) is 30.3 Å². The molecule has 0 radical (unpaired) electrons. The number of esters is 1. The minimum Gasteiger partial charge on any atom is -0.463 e. The molecule has 0 spiro atoms. The van der Waals surface area contributed by atoms with Gasteiger partial charge in [-0.2, -0.15) is 0 Å². The van der Waals surface area contributed by atoms with Crippen LogP contribution in [0.5, 0.6) is 0 Å². The van der Waals surface area contributed by atoms with Crippen LogP contribution in [-0.4, -0.2) is 22.8 Å². The Hall–Kier alpha value is -1.79. The average Bonchev–Trinajstić information content (AvgIpc) is 3.04. The van der Waals surface area contributed by atoms with E-state index >= 15 is 0 Å². The molecule has 1 N–H and O–H groups in total. The number of hydrogen-bond donors (Lipinski definition) is 1.